The van der Waals surface area contributed by atoms with Crippen LogP contribution < -0.4 is 0 Å². The highest BCUT2D eigenvalue weighted by atomic mass is 35.5. The molecule has 0 spiro atoms. The summed E-state index contributed by atoms with van der Waals surface area (Å²) in [6.45, 7) is 6.92. The van der Waals surface area contributed by atoms with E-state index in [2.05, 4.69) is 19.6 Å². The van der Waals surface area contributed by atoms with Crippen LogP contribution >= 0.6 is 23.2 Å². The van der Waals surface area contributed by atoms with Gasteiger partial charge >= 0.3 is 0 Å². The first-order chi connectivity index (χ1) is 3.15. The molecule has 46 valence electrons. The van der Waals surface area contributed by atoms with Crippen molar-refractivity contribution in [3.8, 4) is 0 Å². The highest BCUT2D eigenvalue weighted by molar-refractivity contribution is 6.54. The number of alkyl halides is 2. The van der Waals surface area contributed by atoms with Gasteiger partial charge in [0.2, 0.25) is 0 Å². The van der Waals surface area contributed by atoms with Crippen molar-refractivity contribution in [3.05, 3.63) is 0 Å². The third kappa shape index (κ3) is 246. The minimum absolute atomic E-state index is 0.139. The molecule has 0 nitrogen and oxygen atoms in total. The lowest BCUT2D eigenvalue weighted by Crippen LogP contribution is -1.84. The van der Waals surface area contributed by atoms with Crippen molar-refractivity contribution in [2.75, 3.05) is 5.34 Å². The average molecular weight is 159 g/mol. The molecule has 7 heavy (non-hydrogen) atoms. The first kappa shape index (κ1) is 10.7. The second-order valence-corrected chi connectivity index (χ2v) is 6.11. The van der Waals surface area contributed by atoms with Gasteiger partial charge in [0.1, 0.15) is 0 Å². The molecule has 0 rings (SSSR count). The summed E-state index contributed by atoms with van der Waals surface area (Å²) in [6.07, 6.45) is 0. The van der Waals surface area contributed by atoms with Crippen LogP contribution in [0.4, 0.5) is 0 Å². The summed E-state index contributed by atoms with van der Waals surface area (Å²) in [6, 6.07) is 0. The number of hydrogen-bond acceptors (Lipinski definition) is 0. The second-order valence-electron chi connectivity index (χ2n) is 1.83. The van der Waals surface area contributed by atoms with Crippen LogP contribution in [0.15, 0.2) is 0 Å². The van der Waals surface area contributed by atoms with Crippen LogP contribution in [-0.2, 0) is 0 Å². The van der Waals surface area contributed by atoms with Gasteiger partial charge in [-0.3, -0.25) is 0 Å². The molecule has 0 aliphatic heterocycles. The fraction of sp³-hybridized carbons (Fsp3) is 1.00. The van der Waals surface area contributed by atoms with Gasteiger partial charge in [0.05, 0.1) is 5.34 Å². The molecule has 3 heteroatoms. The van der Waals surface area contributed by atoms with Crippen molar-refractivity contribution >= 4 is 32.0 Å². The van der Waals surface area contributed by atoms with Crippen LogP contribution in [0.1, 0.15) is 0 Å². The molecule has 0 aromatic carbocycles. The molecule has 0 atom stereocenters. The molecule has 0 amide bonds. The Hall–Kier alpha value is 0.797. The van der Waals surface area contributed by atoms with Crippen LogP contribution in [-0.4, -0.2) is 14.1 Å². The molecule has 0 aromatic heterocycles. The van der Waals surface area contributed by atoms with E-state index >= 15 is 0 Å². The SMILES string of the molecule is C[SiH](C)C.ClCCl. The van der Waals surface area contributed by atoms with E-state index in [0.717, 1.165) is 0 Å². The first-order valence-corrected chi connectivity index (χ1v) is 6.80. The molecule has 0 aliphatic rings. The lowest BCUT2D eigenvalue weighted by molar-refractivity contribution is 1.91. The van der Waals surface area contributed by atoms with Crippen molar-refractivity contribution in [1.29, 1.82) is 0 Å². The van der Waals surface area contributed by atoms with E-state index in [9.17, 15) is 0 Å². The Balaban J connectivity index is 0. The van der Waals surface area contributed by atoms with E-state index in [-0.39, 0.29) is 14.1 Å². The zero-order valence-corrected chi connectivity index (χ0v) is 7.71. The van der Waals surface area contributed by atoms with E-state index in [1.54, 1.807) is 0 Å². The van der Waals surface area contributed by atoms with Gasteiger partial charge < -0.3 is 0 Å². The van der Waals surface area contributed by atoms with Crippen LogP contribution in [0.5, 0.6) is 0 Å². The van der Waals surface area contributed by atoms with E-state index in [4.69, 9.17) is 23.2 Å². The van der Waals surface area contributed by atoms with Crippen LogP contribution in [0.3, 0.4) is 0 Å². The minimum Gasteiger partial charge on any atom is -0.109 e. The summed E-state index contributed by atoms with van der Waals surface area (Å²) in [5.41, 5.74) is 0. The Morgan fingerprint density at radius 2 is 1.14 bits per heavy atom. The van der Waals surface area contributed by atoms with Crippen LogP contribution in [0.2, 0.25) is 19.6 Å². The average Bonchev–Trinajstić information content (AvgIpc) is 1.33. The third-order valence-corrected chi connectivity index (χ3v) is 0. The van der Waals surface area contributed by atoms with Crippen molar-refractivity contribution in [2.45, 2.75) is 19.6 Å². The van der Waals surface area contributed by atoms with Crippen LogP contribution in [0.25, 0.3) is 0 Å². The monoisotopic (exact) mass is 158 g/mol. The summed E-state index contributed by atoms with van der Waals surface area (Å²) in [7, 11) is -0.139. The van der Waals surface area contributed by atoms with E-state index in [1.807, 2.05) is 0 Å². The lowest BCUT2D eigenvalue weighted by Gasteiger charge is -1.75. The Morgan fingerprint density at radius 3 is 1.14 bits per heavy atom. The van der Waals surface area contributed by atoms with Gasteiger partial charge in [-0.15, -0.1) is 23.2 Å². The fourth-order valence-electron chi connectivity index (χ4n) is 0. The maximum absolute atomic E-state index is 4.76. The molecule has 0 aliphatic carbocycles. The molecule has 0 unspecified atom stereocenters. The molecule has 0 heterocycles. The van der Waals surface area contributed by atoms with Gasteiger partial charge in [-0.2, -0.15) is 0 Å². The standard InChI is InChI=1S/C3H10Si.CH2Cl2/c1-4(2)3;2-1-3/h4H,1-3H3;1H2. The van der Waals surface area contributed by atoms with E-state index < -0.39 is 0 Å². The molecule has 0 saturated heterocycles. The Morgan fingerprint density at radius 1 is 1.14 bits per heavy atom. The molecule has 0 N–H and O–H groups in total. The maximum atomic E-state index is 4.76. The molecule has 0 bridgehead atoms. The van der Waals surface area contributed by atoms with Crippen molar-refractivity contribution in [2.24, 2.45) is 0 Å². The Bertz CT molecular complexity index is 20.9. The summed E-state index contributed by atoms with van der Waals surface area (Å²) in [5.74, 6) is 0. The predicted octanol–water partition coefficient (Wildman–Crippen LogP) is 2.52. The number of halogens is 2. The van der Waals surface area contributed by atoms with Crippen LogP contribution in [0, 0.1) is 0 Å². The summed E-state index contributed by atoms with van der Waals surface area (Å²) in [4.78, 5) is 0. The highest BCUT2D eigenvalue weighted by Crippen LogP contribution is 1.73. The number of hydrogen-bond donors (Lipinski definition) is 0. The molecule has 0 saturated carbocycles. The Labute approximate surface area is 57.4 Å². The zero-order valence-electron chi connectivity index (χ0n) is 5.04. The van der Waals surface area contributed by atoms with E-state index in [1.165, 1.54) is 0 Å². The maximum Gasteiger partial charge on any atom is 0.0967 e. The quantitative estimate of drug-likeness (QED) is 0.376. The fourth-order valence-corrected chi connectivity index (χ4v) is 0. The van der Waals surface area contributed by atoms with Gasteiger partial charge in [0.15, 0.2) is 0 Å². The topological polar surface area (TPSA) is 0 Å². The first-order valence-electron chi connectivity index (χ1n) is 2.27. The summed E-state index contributed by atoms with van der Waals surface area (Å²) < 4.78 is 0. The van der Waals surface area contributed by atoms with Gasteiger partial charge in [-0.05, 0) is 0 Å². The van der Waals surface area contributed by atoms with Crippen molar-refractivity contribution < 1.29 is 0 Å². The zero-order chi connectivity index (χ0) is 6.28. The van der Waals surface area contributed by atoms with Gasteiger partial charge in [-0.1, -0.05) is 19.6 Å². The third-order valence-electron chi connectivity index (χ3n) is 0. The molecule has 0 fully saturated rings. The lowest BCUT2D eigenvalue weighted by atomic mass is 11.8. The largest absolute Gasteiger partial charge is 0.109 e. The normalized spacial score (nSPS) is 7.71. The minimum atomic E-state index is -0.139. The number of rotatable bonds is 0. The van der Waals surface area contributed by atoms with Gasteiger partial charge in [0.25, 0.3) is 0 Å². The van der Waals surface area contributed by atoms with Crippen molar-refractivity contribution in [3.63, 3.8) is 0 Å². The van der Waals surface area contributed by atoms with Gasteiger partial charge in [-0.25, -0.2) is 0 Å². The Kier molecular flexibility index (Phi) is 15.2. The molecular weight excluding hydrogens is 147 g/mol. The van der Waals surface area contributed by atoms with Crippen molar-refractivity contribution in [1.82, 2.24) is 0 Å². The predicted molar refractivity (Wildman–Crippen MR) is 41.3 cm³/mol. The molecule has 0 aromatic rings. The molecular formula is C4H12Cl2Si. The smallest absolute Gasteiger partial charge is 0.0967 e. The van der Waals surface area contributed by atoms with E-state index in [0.29, 0.717) is 0 Å². The molecule has 0 radical (unpaired) electrons. The van der Waals surface area contributed by atoms with Gasteiger partial charge in [0, 0.05) is 8.80 Å². The summed E-state index contributed by atoms with van der Waals surface area (Å²) >= 11 is 9.53. The second kappa shape index (κ2) is 9.93. The highest BCUT2D eigenvalue weighted by Gasteiger charge is 1.71. The summed E-state index contributed by atoms with van der Waals surface area (Å²) in [5, 5.41) is 0.194.